The highest BCUT2D eigenvalue weighted by Crippen LogP contribution is 2.23. The third-order valence-corrected chi connectivity index (χ3v) is 2.54. The van der Waals surface area contributed by atoms with Gasteiger partial charge in [-0.2, -0.15) is 4.98 Å². The summed E-state index contributed by atoms with van der Waals surface area (Å²) >= 11 is 0. The van der Waals surface area contributed by atoms with Crippen molar-refractivity contribution in [2.45, 2.75) is 5.22 Å². The minimum atomic E-state index is -4.05. The van der Waals surface area contributed by atoms with Crippen molar-refractivity contribution < 1.29 is 17.2 Å². The monoisotopic (exact) mass is 235 g/mol. The number of oxazole rings is 1. The van der Waals surface area contributed by atoms with Gasteiger partial charge in [0.1, 0.15) is 5.52 Å². The molecule has 1 aromatic heterocycles. The van der Waals surface area contributed by atoms with Crippen LogP contribution in [0.2, 0.25) is 0 Å². The van der Waals surface area contributed by atoms with Crippen LogP contribution in [0, 0.1) is 5.82 Å². The van der Waals surface area contributed by atoms with Crippen LogP contribution in [0.1, 0.15) is 0 Å². The van der Waals surface area contributed by atoms with Gasteiger partial charge in [0.2, 0.25) is 0 Å². The molecule has 14 heavy (non-hydrogen) atoms. The standard InChI is InChI=1S/C7H3ClFNO3S/c8-14(11,12)7-10-5-3-1-2-4(9)6(5)13-7/h1-3H. The van der Waals surface area contributed by atoms with Gasteiger partial charge in [-0.15, -0.1) is 0 Å². The molecule has 0 amide bonds. The summed E-state index contributed by atoms with van der Waals surface area (Å²) in [7, 11) is 0.922. The van der Waals surface area contributed by atoms with Crippen LogP contribution in [0.15, 0.2) is 27.8 Å². The van der Waals surface area contributed by atoms with Gasteiger partial charge in [-0.1, -0.05) is 6.07 Å². The molecule has 0 spiro atoms. The van der Waals surface area contributed by atoms with E-state index < -0.39 is 20.1 Å². The van der Waals surface area contributed by atoms with Gasteiger partial charge in [0.25, 0.3) is 0 Å². The lowest BCUT2D eigenvalue weighted by atomic mass is 10.3. The molecule has 74 valence electrons. The Morgan fingerprint density at radius 3 is 2.71 bits per heavy atom. The van der Waals surface area contributed by atoms with E-state index in [9.17, 15) is 12.8 Å². The van der Waals surface area contributed by atoms with Gasteiger partial charge in [0.05, 0.1) is 0 Å². The highest BCUT2D eigenvalue weighted by molar-refractivity contribution is 8.13. The second-order valence-electron chi connectivity index (χ2n) is 2.51. The average Bonchev–Trinajstić information content (AvgIpc) is 2.48. The molecule has 4 nitrogen and oxygen atoms in total. The van der Waals surface area contributed by atoms with E-state index in [-0.39, 0.29) is 11.1 Å². The number of benzene rings is 1. The number of nitrogens with zero attached hydrogens (tertiary/aromatic N) is 1. The van der Waals surface area contributed by atoms with Crippen molar-refractivity contribution in [1.82, 2.24) is 4.98 Å². The van der Waals surface area contributed by atoms with Crippen molar-refractivity contribution in [3.63, 3.8) is 0 Å². The van der Waals surface area contributed by atoms with Gasteiger partial charge in [-0.05, 0) is 12.1 Å². The first-order valence-corrected chi connectivity index (χ1v) is 5.79. The van der Waals surface area contributed by atoms with Gasteiger partial charge in [-0.25, -0.2) is 12.8 Å². The average molecular weight is 236 g/mol. The first kappa shape index (κ1) is 9.42. The zero-order valence-corrected chi connectivity index (χ0v) is 8.14. The highest BCUT2D eigenvalue weighted by Gasteiger charge is 2.19. The molecule has 7 heteroatoms. The summed E-state index contributed by atoms with van der Waals surface area (Å²) in [5.74, 6) is -0.679. The van der Waals surface area contributed by atoms with Gasteiger partial charge in [0, 0.05) is 10.7 Å². The SMILES string of the molecule is O=S(=O)(Cl)c1nc2cccc(F)c2o1. The van der Waals surface area contributed by atoms with Crippen LogP contribution in [0.4, 0.5) is 4.39 Å². The quantitative estimate of drug-likeness (QED) is 0.709. The Bertz CT molecular complexity index is 592. The van der Waals surface area contributed by atoms with Crippen LogP contribution in [-0.4, -0.2) is 13.4 Å². The maximum absolute atomic E-state index is 13.0. The molecule has 0 aliphatic carbocycles. The molecule has 2 rings (SSSR count). The van der Waals surface area contributed by atoms with Gasteiger partial charge in [0.15, 0.2) is 11.4 Å². The van der Waals surface area contributed by atoms with E-state index in [1.54, 1.807) is 0 Å². The second kappa shape index (κ2) is 2.93. The molecular weight excluding hydrogens is 233 g/mol. The molecule has 0 saturated carbocycles. The summed E-state index contributed by atoms with van der Waals surface area (Å²) in [4.78, 5) is 3.52. The molecule has 0 radical (unpaired) electrons. The normalized spacial score (nSPS) is 12.1. The number of halogens is 2. The Morgan fingerprint density at radius 1 is 1.43 bits per heavy atom. The summed E-state index contributed by atoms with van der Waals surface area (Å²) in [5.41, 5.74) is -0.101. The van der Waals surface area contributed by atoms with Gasteiger partial charge >= 0.3 is 14.3 Å². The third kappa shape index (κ3) is 1.46. The first-order chi connectivity index (χ1) is 6.48. The van der Waals surface area contributed by atoms with Crippen molar-refractivity contribution in [3.8, 4) is 0 Å². The summed E-state index contributed by atoms with van der Waals surface area (Å²) in [6.07, 6.45) is 0. The fraction of sp³-hybridized carbons (Fsp3) is 0. The Labute approximate surface area is 82.7 Å². The maximum Gasteiger partial charge on any atom is 0.332 e. The number of para-hydroxylation sites is 1. The molecule has 0 atom stereocenters. The lowest BCUT2D eigenvalue weighted by molar-refractivity contribution is 0.451. The molecule has 1 heterocycles. The Hall–Kier alpha value is -1.14. The minimum absolute atomic E-state index is 0.115. The van der Waals surface area contributed by atoms with Crippen molar-refractivity contribution in [2.24, 2.45) is 0 Å². The van der Waals surface area contributed by atoms with E-state index >= 15 is 0 Å². The van der Waals surface area contributed by atoms with Crippen LogP contribution in [-0.2, 0) is 9.05 Å². The number of aromatic nitrogens is 1. The maximum atomic E-state index is 13.0. The fourth-order valence-electron chi connectivity index (χ4n) is 0.999. The van der Waals surface area contributed by atoms with Gasteiger partial charge < -0.3 is 4.42 Å². The molecule has 0 saturated heterocycles. The minimum Gasteiger partial charge on any atom is -0.424 e. The summed E-state index contributed by atoms with van der Waals surface area (Å²) in [5, 5.41) is -0.695. The van der Waals surface area contributed by atoms with Crippen molar-refractivity contribution in [1.29, 1.82) is 0 Å². The van der Waals surface area contributed by atoms with Crippen LogP contribution in [0.5, 0.6) is 0 Å². The van der Waals surface area contributed by atoms with Crippen molar-refractivity contribution in [3.05, 3.63) is 24.0 Å². The number of fused-ring (bicyclic) bond motifs is 1. The molecule has 0 unspecified atom stereocenters. The first-order valence-electron chi connectivity index (χ1n) is 3.48. The molecule has 0 aliphatic heterocycles. The lowest BCUT2D eigenvalue weighted by Crippen LogP contribution is -1.88. The van der Waals surface area contributed by atoms with Gasteiger partial charge in [-0.3, -0.25) is 0 Å². The van der Waals surface area contributed by atoms with E-state index in [2.05, 4.69) is 9.40 Å². The number of hydrogen-bond donors (Lipinski definition) is 0. The van der Waals surface area contributed by atoms with E-state index in [1.807, 2.05) is 0 Å². The summed E-state index contributed by atoms with van der Waals surface area (Å²) in [6, 6.07) is 3.95. The smallest absolute Gasteiger partial charge is 0.332 e. The predicted molar refractivity (Wildman–Crippen MR) is 47.0 cm³/mol. The van der Waals surface area contributed by atoms with Crippen molar-refractivity contribution >= 4 is 30.8 Å². The molecular formula is C7H3ClFNO3S. The fourth-order valence-corrected chi connectivity index (χ4v) is 1.59. The van der Waals surface area contributed by atoms with Crippen molar-refractivity contribution in [2.75, 3.05) is 0 Å². The lowest BCUT2D eigenvalue weighted by Gasteiger charge is -1.86. The van der Waals surface area contributed by atoms with Crippen LogP contribution in [0.3, 0.4) is 0 Å². The molecule has 0 aliphatic rings. The highest BCUT2D eigenvalue weighted by atomic mass is 35.7. The predicted octanol–water partition coefficient (Wildman–Crippen LogP) is 1.89. The number of rotatable bonds is 1. The second-order valence-corrected chi connectivity index (χ2v) is 4.95. The summed E-state index contributed by atoms with van der Waals surface area (Å²) < 4.78 is 39.3. The zero-order chi connectivity index (χ0) is 10.3. The molecule has 0 fully saturated rings. The van der Waals surface area contributed by atoms with Crippen LogP contribution >= 0.6 is 10.7 Å². The zero-order valence-electron chi connectivity index (χ0n) is 6.57. The van der Waals surface area contributed by atoms with Crippen LogP contribution < -0.4 is 0 Å². The third-order valence-electron chi connectivity index (χ3n) is 1.56. The molecule has 2 aromatic rings. The van der Waals surface area contributed by atoms with E-state index in [1.165, 1.54) is 12.1 Å². The van der Waals surface area contributed by atoms with Crippen LogP contribution in [0.25, 0.3) is 11.1 Å². The molecule has 0 bridgehead atoms. The summed E-state index contributed by atoms with van der Waals surface area (Å²) in [6.45, 7) is 0. The molecule has 0 N–H and O–H groups in total. The number of hydrogen-bond acceptors (Lipinski definition) is 4. The van der Waals surface area contributed by atoms with E-state index in [4.69, 9.17) is 10.7 Å². The topological polar surface area (TPSA) is 60.2 Å². The molecule has 1 aromatic carbocycles. The van der Waals surface area contributed by atoms with E-state index in [0.717, 1.165) is 6.07 Å². The Balaban J connectivity index is 2.81. The Morgan fingerprint density at radius 2 is 2.14 bits per heavy atom. The van der Waals surface area contributed by atoms with E-state index in [0.29, 0.717) is 0 Å². The Kier molecular flexibility index (Phi) is 1.97. The largest absolute Gasteiger partial charge is 0.424 e.